The predicted molar refractivity (Wildman–Crippen MR) is 19.1 cm³/mol. The van der Waals surface area contributed by atoms with Crippen LogP contribution in [-0.2, 0) is 0 Å². The molecule has 0 fully saturated rings. The molecule has 1 N–H and O–H groups in total. The van der Waals surface area contributed by atoms with Gasteiger partial charge in [-0.05, 0) is 0 Å². The van der Waals surface area contributed by atoms with Crippen LogP contribution < -0.4 is 56.5 Å². The zero-order valence-corrected chi connectivity index (χ0v) is 6.39. The van der Waals surface area contributed by atoms with E-state index < -0.39 is 0 Å². The first kappa shape index (κ1) is 15.8. The number of rotatable bonds is 1. The van der Waals surface area contributed by atoms with Crippen LogP contribution >= 0.6 is 0 Å². The van der Waals surface area contributed by atoms with Gasteiger partial charge in [0.15, 0.2) is 0 Å². The quantitative estimate of drug-likeness (QED) is 0.355. The van der Waals surface area contributed by atoms with E-state index in [2.05, 4.69) is 0 Å². The average molecular weight is 124 g/mol. The molecule has 0 aromatic heterocycles. The first-order valence-corrected chi connectivity index (χ1v) is 1.10. The zero-order chi connectivity index (χ0) is 3.41. The van der Waals surface area contributed by atoms with E-state index in [0.29, 0.717) is 0 Å². The number of aliphatic hydroxyl groups excluding tert-OH is 1. The molecule has 0 saturated heterocycles. The van der Waals surface area contributed by atoms with Crippen LogP contribution in [0.5, 0.6) is 0 Å². The number of hydrogen-bond acceptors (Lipinski definition) is 2. The number of aliphatic hydroxyl groups is 1. The van der Waals surface area contributed by atoms with Crippen molar-refractivity contribution in [2.75, 3.05) is 13.2 Å². The van der Waals surface area contributed by atoms with Crippen LogP contribution in [0.1, 0.15) is 0 Å². The second-order valence-electron chi connectivity index (χ2n) is 0.428. The van der Waals surface area contributed by atoms with Gasteiger partial charge >= 0.3 is 80.9 Å². The molecule has 6 heavy (non-hydrogen) atoms. The minimum Gasteiger partial charge on any atom is -0.853 e. The van der Waals surface area contributed by atoms with Crippen molar-refractivity contribution in [3.63, 3.8) is 0 Å². The molecule has 0 unspecified atom stereocenters. The van der Waals surface area contributed by atoms with E-state index in [1.54, 1.807) is 0 Å². The fraction of sp³-hybridized carbons (Fsp3) is 1.00. The topological polar surface area (TPSA) is 43.3 Å². The smallest absolute Gasteiger partial charge is 0.0277 e. The summed E-state index contributed by atoms with van der Waals surface area (Å²) >= 11 is 0. The van der Waals surface area contributed by atoms with E-state index in [4.69, 9.17) is 10.2 Å². The van der Waals surface area contributed by atoms with Gasteiger partial charge in [-0.25, -0.2) is 0 Å². The van der Waals surface area contributed by atoms with Crippen LogP contribution in [0.25, 0.3) is 0 Å². The summed E-state index contributed by atoms with van der Waals surface area (Å²) in [5.74, 6) is 0. The molecular formula is C2H6KNaO2. The summed E-state index contributed by atoms with van der Waals surface area (Å²) in [6.45, 7) is -0.611. The molecule has 0 bridgehead atoms. The maximum atomic E-state index is 9.05. The van der Waals surface area contributed by atoms with Crippen molar-refractivity contribution in [3.05, 3.63) is 0 Å². The minimum absolute atomic E-state index is 0. The summed E-state index contributed by atoms with van der Waals surface area (Å²) < 4.78 is 0. The molecule has 0 amide bonds. The summed E-state index contributed by atoms with van der Waals surface area (Å²) in [6, 6.07) is 0. The molecule has 0 radical (unpaired) electrons. The Bertz CT molecular complexity index is 13.5. The molecule has 0 saturated carbocycles. The van der Waals surface area contributed by atoms with E-state index in [1.807, 2.05) is 0 Å². The van der Waals surface area contributed by atoms with Gasteiger partial charge in [0.1, 0.15) is 0 Å². The molecule has 0 aromatic carbocycles. The minimum atomic E-state index is -0.375. The Morgan fingerprint density at radius 3 is 1.67 bits per heavy atom. The molecule has 0 spiro atoms. The Kier molecular flexibility index (Phi) is 41.3. The Morgan fingerprint density at radius 1 is 1.50 bits per heavy atom. The van der Waals surface area contributed by atoms with Crippen molar-refractivity contribution in [1.82, 2.24) is 0 Å². The van der Waals surface area contributed by atoms with Gasteiger partial charge in [-0.2, -0.15) is 0 Å². The maximum absolute atomic E-state index is 9.05. The molecule has 4 heteroatoms. The third-order valence-electron chi connectivity index (χ3n) is 0.0913. The van der Waals surface area contributed by atoms with Crippen LogP contribution in [0, 0.1) is 0 Å². The molecule has 0 atom stereocenters. The fourth-order valence-electron chi connectivity index (χ4n) is 0. The summed E-state index contributed by atoms with van der Waals surface area (Å²) in [5, 5.41) is 16.6. The van der Waals surface area contributed by atoms with Crippen molar-refractivity contribution >= 4 is 29.6 Å². The van der Waals surface area contributed by atoms with Crippen molar-refractivity contribution in [2.45, 2.75) is 0 Å². The van der Waals surface area contributed by atoms with Gasteiger partial charge in [-0.15, -0.1) is 6.61 Å². The predicted octanol–water partition coefficient (Wildman–Crippen LogP) is -5.31. The molecule has 0 aliphatic carbocycles. The summed E-state index contributed by atoms with van der Waals surface area (Å²) in [6.07, 6.45) is 0. The van der Waals surface area contributed by atoms with Gasteiger partial charge < -0.3 is 10.2 Å². The molecule has 2 nitrogen and oxygen atoms in total. The molecular weight excluding hydrogens is 118 g/mol. The van der Waals surface area contributed by atoms with E-state index >= 15 is 0 Å². The second-order valence-corrected chi connectivity index (χ2v) is 0.428. The van der Waals surface area contributed by atoms with Crippen LogP contribution in [0.4, 0.5) is 0 Å². The monoisotopic (exact) mass is 124 g/mol. The average Bonchev–Trinajstić information content (AvgIpc) is 1.37. The normalized spacial score (nSPS) is 5.00. The molecule has 28 valence electrons. The van der Waals surface area contributed by atoms with Crippen LogP contribution in [0.3, 0.4) is 0 Å². The first-order chi connectivity index (χ1) is 1.91. The van der Waals surface area contributed by atoms with Crippen LogP contribution in [-0.4, -0.2) is 47.9 Å². The van der Waals surface area contributed by atoms with Crippen molar-refractivity contribution in [3.8, 4) is 0 Å². The summed E-state index contributed by atoms with van der Waals surface area (Å²) in [5.41, 5.74) is 0. The van der Waals surface area contributed by atoms with Crippen molar-refractivity contribution in [1.29, 1.82) is 0 Å². The standard InChI is InChI=1S/C2H5O2.K.Na.H/c3-1-2-4;;;/h3H,1-2H2;;;/q-1;+1;;. The van der Waals surface area contributed by atoms with E-state index in [9.17, 15) is 0 Å². The first-order valence-electron chi connectivity index (χ1n) is 1.10. The Hall–Kier alpha value is 2.56. The molecule has 0 aliphatic heterocycles. The SMILES string of the molecule is [K+].[NaH].[O-]CCO. The van der Waals surface area contributed by atoms with Crippen molar-refractivity contribution < 1.29 is 61.6 Å². The molecule has 0 aliphatic rings. The van der Waals surface area contributed by atoms with E-state index in [1.165, 1.54) is 0 Å². The summed E-state index contributed by atoms with van der Waals surface area (Å²) in [7, 11) is 0. The van der Waals surface area contributed by atoms with Gasteiger partial charge in [-0.1, -0.05) is 0 Å². The van der Waals surface area contributed by atoms with Crippen LogP contribution in [0.2, 0.25) is 0 Å². The van der Waals surface area contributed by atoms with Gasteiger partial charge in [0.2, 0.25) is 0 Å². The van der Waals surface area contributed by atoms with Crippen molar-refractivity contribution in [2.24, 2.45) is 0 Å². The Balaban J connectivity index is -0.0000000450. The van der Waals surface area contributed by atoms with E-state index in [-0.39, 0.29) is 94.2 Å². The largest absolute Gasteiger partial charge is 0.853 e. The second kappa shape index (κ2) is 15.6. The third kappa shape index (κ3) is 16.0. The van der Waals surface area contributed by atoms with Gasteiger partial charge in [0.05, 0.1) is 0 Å². The van der Waals surface area contributed by atoms with Gasteiger partial charge in [-0.3, -0.25) is 0 Å². The van der Waals surface area contributed by atoms with E-state index in [0.717, 1.165) is 0 Å². The molecule has 0 rings (SSSR count). The Labute approximate surface area is 102 Å². The van der Waals surface area contributed by atoms with Crippen LogP contribution in [0.15, 0.2) is 0 Å². The Morgan fingerprint density at radius 2 is 1.67 bits per heavy atom. The maximum Gasteiger partial charge on any atom is 0.0277 e. The fourth-order valence-corrected chi connectivity index (χ4v) is 0. The third-order valence-corrected chi connectivity index (χ3v) is 0.0913. The number of hydrogen-bond donors (Lipinski definition) is 1. The van der Waals surface area contributed by atoms with Gasteiger partial charge in [0.25, 0.3) is 0 Å². The molecule has 0 aromatic rings. The zero-order valence-electron chi connectivity index (χ0n) is 3.27. The summed E-state index contributed by atoms with van der Waals surface area (Å²) in [4.78, 5) is 0. The van der Waals surface area contributed by atoms with Gasteiger partial charge in [0, 0.05) is 6.61 Å². The molecule has 0 heterocycles.